The van der Waals surface area contributed by atoms with Gasteiger partial charge in [0.05, 0.1) is 11.1 Å². The van der Waals surface area contributed by atoms with E-state index in [2.05, 4.69) is 0 Å². The molecule has 0 saturated carbocycles. The highest BCUT2D eigenvalue weighted by Gasteiger charge is 2.20. The summed E-state index contributed by atoms with van der Waals surface area (Å²) in [6.45, 7) is 0. The Kier molecular flexibility index (Phi) is 3.13. The molecule has 0 spiro atoms. The van der Waals surface area contributed by atoms with Crippen molar-refractivity contribution in [1.29, 1.82) is 0 Å². The highest BCUT2D eigenvalue weighted by atomic mass is 35.5. The molecule has 0 bridgehead atoms. The van der Waals surface area contributed by atoms with Crippen LogP contribution in [-0.4, -0.2) is 0 Å². The van der Waals surface area contributed by atoms with E-state index in [0.717, 1.165) is 27.0 Å². The second-order valence-corrected chi connectivity index (χ2v) is 5.14. The van der Waals surface area contributed by atoms with Crippen LogP contribution in [-0.2, 0) is 0 Å². The second-order valence-electron chi connectivity index (χ2n) is 3.86. The van der Waals surface area contributed by atoms with E-state index in [1.807, 2.05) is 60.0 Å². The molecule has 1 nitrogen and oxygen atoms in total. The fourth-order valence-electron chi connectivity index (χ4n) is 1.70. The van der Waals surface area contributed by atoms with Gasteiger partial charge >= 0.3 is 10.8 Å². The molecular formula is C15H10ClOS+. The first-order valence-electron chi connectivity index (χ1n) is 5.56. The Morgan fingerprint density at radius 3 is 2.28 bits per heavy atom. The van der Waals surface area contributed by atoms with Crippen molar-refractivity contribution in [2.45, 2.75) is 0 Å². The Labute approximate surface area is 114 Å². The molecule has 0 fully saturated rings. The minimum absolute atomic E-state index is 0.735. The number of rotatable bonds is 2. The zero-order chi connectivity index (χ0) is 12.4. The fraction of sp³-hybridized carbons (Fsp3) is 0. The highest BCUT2D eigenvalue weighted by molar-refractivity contribution is 7.13. The van der Waals surface area contributed by atoms with Crippen LogP contribution in [0, 0.1) is 0 Å². The molecule has 1 aromatic heterocycles. The Balaban J connectivity index is 1.97. The Bertz CT molecular complexity index is 644. The van der Waals surface area contributed by atoms with Crippen LogP contribution in [0.2, 0.25) is 5.02 Å². The summed E-state index contributed by atoms with van der Waals surface area (Å²) < 4.78 is 5.87. The van der Waals surface area contributed by atoms with Crippen LogP contribution in [0.5, 0.6) is 0 Å². The SMILES string of the molecule is Clc1ccc(-c2[o+]c(-c3ccccc3)cs2)cc1. The molecule has 0 aliphatic heterocycles. The molecule has 2 aromatic carbocycles. The molecule has 0 unspecified atom stereocenters. The van der Waals surface area contributed by atoms with E-state index in [1.54, 1.807) is 11.3 Å². The summed E-state index contributed by atoms with van der Waals surface area (Å²) >= 11 is 7.47. The predicted octanol–water partition coefficient (Wildman–Crippen LogP) is 5.61. The lowest BCUT2D eigenvalue weighted by Crippen LogP contribution is -1.72. The lowest BCUT2D eigenvalue weighted by Gasteiger charge is -1.89. The van der Waals surface area contributed by atoms with Crippen molar-refractivity contribution in [3.05, 3.63) is 65.0 Å². The summed E-state index contributed by atoms with van der Waals surface area (Å²) in [4.78, 5) is 0. The number of halogens is 1. The Morgan fingerprint density at radius 2 is 1.56 bits per heavy atom. The predicted molar refractivity (Wildman–Crippen MR) is 76.9 cm³/mol. The van der Waals surface area contributed by atoms with E-state index in [-0.39, 0.29) is 0 Å². The molecule has 0 atom stereocenters. The maximum atomic E-state index is 5.87. The van der Waals surface area contributed by atoms with Crippen LogP contribution in [0.25, 0.3) is 22.0 Å². The first-order valence-corrected chi connectivity index (χ1v) is 6.82. The van der Waals surface area contributed by atoms with Gasteiger partial charge in [0, 0.05) is 5.02 Å². The molecule has 0 aliphatic carbocycles. The van der Waals surface area contributed by atoms with E-state index < -0.39 is 0 Å². The van der Waals surface area contributed by atoms with Gasteiger partial charge in [-0.1, -0.05) is 29.8 Å². The average molecular weight is 274 g/mol. The molecule has 3 heteroatoms. The molecule has 3 aromatic rings. The molecule has 88 valence electrons. The number of hydrogen-bond acceptors (Lipinski definition) is 1. The van der Waals surface area contributed by atoms with Crippen LogP contribution in [0.3, 0.4) is 0 Å². The van der Waals surface area contributed by atoms with Crippen molar-refractivity contribution in [3.8, 4) is 22.0 Å². The van der Waals surface area contributed by atoms with E-state index >= 15 is 0 Å². The number of benzene rings is 2. The Hall–Kier alpha value is -1.64. The van der Waals surface area contributed by atoms with Crippen molar-refractivity contribution in [3.63, 3.8) is 0 Å². The van der Waals surface area contributed by atoms with Gasteiger partial charge in [0.2, 0.25) is 0 Å². The largest absolute Gasteiger partial charge is 0.417 e. The quantitative estimate of drug-likeness (QED) is 0.552. The normalized spacial score (nSPS) is 10.5. The summed E-state index contributed by atoms with van der Waals surface area (Å²) in [5.74, 6) is 0.894. The molecule has 0 saturated heterocycles. The van der Waals surface area contributed by atoms with Gasteiger partial charge in [-0.3, -0.25) is 0 Å². The van der Waals surface area contributed by atoms with Crippen LogP contribution < -0.4 is 0 Å². The van der Waals surface area contributed by atoms with Gasteiger partial charge in [0.15, 0.2) is 0 Å². The third kappa shape index (κ3) is 2.30. The highest BCUT2D eigenvalue weighted by Crippen LogP contribution is 2.32. The van der Waals surface area contributed by atoms with Crippen LogP contribution in [0.1, 0.15) is 0 Å². The fourth-order valence-corrected chi connectivity index (χ4v) is 2.63. The summed E-state index contributed by atoms with van der Waals surface area (Å²) in [6, 6.07) is 17.8. The van der Waals surface area contributed by atoms with Gasteiger partial charge in [-0.25, -0.2) is 0 Å². The van der Waals surface area contributed by atoms with E-state index in [9.17, 15) is 0 Å². The van der Waals surface area contributed by atoms with Crippen molar-refractivity contribution in [2.24, 2.45) is 0 Å². The van der Waals surface area contributed by atoms with Gasteiger partial charge < -0.3 is 0 Å². The molecule has 0 aliphatic rings. The minimum Gasteiger partial charge on any atom is -0.195 e. The maximum absolute atomic E-state index is 5.87. The second kappa shape index (κ2) is 4.92. The van der Waals surface area contributed by atoms with Crippen molar-refractivity contribution >= 4 is 22.9 Å². The molecule has 18 heavy (non-hydrogen) atoms. The van der Waals surface area contributed by atoms with Gasteiger partial charge in [-0.2, -0.15) is 4.42 Å². The summed E-state index contributed by atoms with van der Waals surface area (Å²) in [5.41, 5.74) is 2.14. The van der Waals surface area contributed by atoms with Crippen LogP contribution in [0.15, 0.2) is 64.4 Å². The third-order valence-electron chi connectivity index (χ3n) is 2.61. The molecule has 0 radical (unpaired) electrons. The minimum atomic E-state index is 0.735. The first kappa shape index (κ1) is 11.5. The van der Waals surface area contributed by atoms with Crippen molar-refractivity contribution < 1.29 is 4.42 Å². The molecule has 3 rings (SSSR count). The molecule has 0 amide bonds. The molecule has 1 heterocycles. The molecular weight excluding hydrogens is 264 g/mol. The van der Waals surface area contributed by atoms with Gasteiger partial charge in [0.1, 0.15) is 5.38 Å². The van der Waals surface area contributed by atoms with Crippen LogP contribution >= 0.6 is 22.9 Å². The van der Waals surface area contributed by atoms with Gasteiger partial charge in [0.25, 0.3) is 0 Å². The standard InChI is InChI=1S/C15H10ClOS/c16-13-8-6-12(7-9-13)15-17-14(10-18-15)11-4-2-1-3-5-11/h1-10H/q+1. The zero-order valence-corrected chi connectivity index (χ0v) is 11.0. The zero-order valence-electron chi connectivity index (χ0n) is 9.47. The van der Waals surface area contributed by atoms with Gasteiger partial charge in [-0.15, -0.1) is 0 Å². The molecule has 0 N–H and O–H groups in total. The lowest BCUT2D eigenvalue weighted by molar-refractivity contribution is 0.602. The summed E-state index contributed by atoms with van der Waals surface area (Å²) in [7, 11) is 0. The van der Waals surface area contributed by atoms with Crippen LogP contribution in [0.4, 0.5) is 0 Å². The van der Waals surface area contributed by atoms with Crippen molar-refractivity contribution in [1.82, 2.24) is 0 Å². The van der Waals surface area contributed by atoms with E-state index in [4.69, 9.17) is 16.0 Å². The Morgan fingerprint density at radius 1 is 0.833 bits per heavy atom. The van der Waals surface area contributed by atoms with Gasteiger partial charge in [-0.05, 0) is 47.7 Å². The van der Waals surface area contributed by atoms with E-state index in [1.165, 1.54) is 0 Å². The summed E-state index contributed by atoms with van der Waals surface area (Å²) in [5, 5.41) is 3.66. The smallest absolute Gasteiger partial charge is 0.195 e. The number of hydrogen-bond donors (Lipinski definition) is 0. The topological polar surface area (TPSA) is 11.3 Å². The summed E-state index contributed by atoms with van der Waals surface area (Å²) in [6.07, 6.45) is 0. The first-order chi connectivity index (χ1) is 8.83. The lowest BCUT2D eigenvalue weighted by atomic mass is 10.2. The average Bonchev–Trinajstić information content (AvgIpc) is 2.90. The van der Waals surface area contributed by atoms with E-state index in [0.29, 0.717) is 0 Å². The maximum Gasteiger partial charge on any atom is 0.417 e. The monoisotopic (exact) mass is 273 g/mol. The third-order valence-corrected chi connectivity index (χ3v) is 3.73. The van der Waals surface area contributed by atoms with Crippen molar-refractivity contribution in [2.75, 3.05) is 0 Å².